The van der Waals surface area contributed by atoms with Crippen molar-refractivity contribution in [1.29, 1.82) is 0 Å². The molecule has 0 aromatic rings. The Morgan fingerprint density at radius 3 is 2.40 bits per heavy atom. The molecule has 0 atom stereocenters. The Labute approximate surface area is 88.7 Å². The van der Waals surface area contributed by atoms with Crippen LogP contribution in [0.15, 0.2) is 12.2 Å². The van der Waals surface area contributed by atoms with Crippen LogP contribution in [-0.4, -0.2) is 36.4 Å². The maximum atomic E-state index is 10.9. The number of ether oxygens (including phenoxy) is 2. The molecule has 0 heterocycles. The largest absolute Gasteiger partial charge is 0.462 e. The molecule has 0 unspecified atom stereocenters. The number of aliphatic hydroxyl groups is 1. The molecule has 5 heteroatoms. The van der Waals surface area contributed by atoms with Gasteiger partial charge < -0.3 is 14.6 Å². The van der Waals surface area contributed by atoms with Crippen molar-refractivity contribution in [3.05, 3.63) is 12.2 Å². The van der Waals surface area contributed by atoms with E-state index < -0.39 is 11.9 Å². The van der Waals surface area contributed by atoms with Gasteiger partial charge in [-0.3, -0.25) is 0 Å². The van der Waals surface area contributed by atoms with Gasteiger partial charge in [0.05, 0.1) is 12.7 Å². The van der Waals surface area contributed by atoms with Gasteiger partial charge in [-0.25, -0.2) is 9.59 Å². The van der Waals surface area contributed by atoms with Gasteiger partial charge in [0.1, 0.15) is 0 Å². The predicted octanol–water partition coefficient (Wildman–Crippen LogP) is 0.420. The van der Waals surface area contributed by atoms with Gasteiger partial charge in [0.15, 0.2) is 0 Å². The van der Waals surface area contributed by atoms with E-state index in [2.05, 4.69) is 4.74 Å². The van der Waals surface area contributed by atoms with Gasteiger partial charge in [-0.15, -0.1) is 0 Å². The maximum absolute atomic E-state index is 10.9. The van der Waals surface area contributed by atoms with Gasteiger partial charge in [0.25, 0.3) is 0 Å². The van der Waals surface area contributed by atoms with E-state index in [1.165, 1.54) is 0 Å². The monoisotopic (exact) mass is 216 g/mol. The number of hydrogen-bond acceptors (Lipinski definition) is 5. The van der Waals surface area contributed by atoms with Crippen LogP contribution in [0.3, 0.4) is 0 Å². The van der Waals surface area contributed by atoms with Crippen molar-refractivity contribution in [1.82, 2.24) is 0 Å². The lowest BCUT2D eigenvalue weighted by Gasteiger charge is -2.03. The zero-order valence-corrected chi connectivity index (χ0v) is 8.93. The van der Waals surface area contributed by atoms with E-state index in [4.69, 9.17) is 9.84 Å². The van der Waals surface area contributed by atoms with E-state index in [1.807, 2.05) is 0 Å². The smallest absolute Gasteiger partial charge is 0.331 e. The standard InChI is InChI=1S/C10H16O5/c1-8(2)15-10(13)5-4-9(12)14-7-3-6-11/h4-5,8,11H,3,6-7H2,1-2H3/b5-4-. The van der Waals surface area contributed by atoms with E-state index in [9.17, 15) is 9.59 Å². The summed E-state index contributed by atoms with van der Waals surface area (Å²) in [6.07, 6.45) is 2.19. The van der Waals surface area contributed by atoms with Gasteiger partial charge >= 0.3 is 11.9 Å². The first-order valence-electron chi connectivity index (χ1n) is 4.72. The fourth-order valence-electron chi connectivity index (χ4n) is 0.693. The summed E-state index contributed by atoms with van der Waals surface area (Å²) in [5, 5.41) is 8.41. The lowest BCUT2D eigenvalue weighted by atomic mass is 10.4. The number of esters is 2. The second-order valence-electron chi connectivity index (χ2n) is 3.06. The van der Waals surface area contributed by atoms with Crippen molar-refractivity contribution in [2.75, 3.05) is 13.2 Å². The number of hydrogen-bond donors (Lipinski definition) is 1. The molecule has 0 saturated carbocycles. The highest BCUT2D eigenvalue weighted by Crippen LogP contribution is 1.91. The predicted molar refractivity (Wildman–Crippen MR) is 53.0 cm³/mol. The van der Waals surface area contributed by atoms with Crippen LogP contribution < -0.4 is 0 Å². The average molecular weight is 216 g/mol. The SMILES string of the molecule is CC(C)OC(=O)/C=C\C(=O)OCCCO. The van der Waals surface area contributed by atoms with Gasteiger partial charge in [-0.05, 0) is 13.8 Å². The summed E-state index contributed by atoms with van der Waals surface area (Å²) in [4.78, 5) is 21.8. The third-order valence-corrected chi connectivity index (χ3v) is 1.25. The lowest BCUT2D eigenvalue weighted by molar-refractivity contribution is -0.142. The van der Waals surface area contributed by atoms with Crippen LogP contribution in [0.5, 0.6) is 0 Å². The molecule has 0 aliphatic carbocycles. The Morgan fingerprint density at radius 1 is 1.27 bits per heavy atom. The quantitative estimate of drug-likeness (QED) is 0.396. The molecular formula is C10H16O5. The fraction of sp³-hybridized carbons (Fsp3) is 0.600. The summed E-state index contributed by atoms with van der Waals surface area (Å²) in [5.41, 5.74) is 0. The third-order valence-electron chi connectivity index (χ3n) is 1.25. The second-order valence-corrected chi connectivity index (χ2v) is 3.06. The minimum atomic E-state index is -0.621. The zero-order chi connectivity index (χ0) is 11.7. The number of aliphatic hydroxyl groups excluding tert-OH is 1. The maximum Gasteiger partial charge on any atom is 0.331 e. The highest BCUT2D eigenvalue weighted by molar-refractivity contribution is 5.91. The molecule has 5 nitrogen and oxygen atoms in total. The molecule has 0 aromatic carbocycles. The second kappa shape index (κ2) is 7.99. The van der Waals surface area contributed by atoms with Gasteiger partial charge in [-0.1, -0.05) is 0 Å². The van der Waals surface area contributed by atoms with Crippen LogP contribution in [0, 0.1) is 0 Å². The Balaban J connectivity index is 3.74. The molecule has 0 aliphatic heterocycles. The molecule has 0 amide bonds. The van der Waals surface area contributed by atoms with Crippen LogP contribution in [-0.2, 0) is 19.1 Å². The van der Waals surface area contributed by atoms with Gasteiger partial charge in [0, 0.05) is 25.2 Å². The Hall–Kier alpha value is -1.36. The zero-order valence-electron chi connectivity index (χ0n) is 8.93. The topological polar surface area (TPSA) is 72.8 Å². The normalized spacial score (nSPS) is 10.7. The molecular weight excluding hydrogens is 200 g/mol. The Kier molecular flexibility index (Phi) is 7.27. The van der Waals surface area contributed by atoms with Gasteiger partial charge in [-0.2, -0.15) is 0 Å². The summed E-state index contributed by atoms with van der Waals surface area (Å²) in [5.74, 6) is -1.20. The first-order valence-corrected chi connectivity index (χ1v) is 4.72. The van der Waals surface area contributed by atoms with Crippen molar-refractivity contribution in [3.8, 4) is 0 Å². The van der Waals surface area contributed by atoms with Crippen molar-refractivity contribution in [3.63, 3.8) is 0 Å². The Morgan fingerprint density at radius 2 is 1.87 bits per heavy atom. The summed E-state index contributed by atoms with van der Waals surface area (Å²) in [6.45, 7) is 3.53. The molecule has 86 valence electrons. The molecule has 0 spiro atoms. The van der Waals surface area contributed by atoms with Crippen molar-refractivity contribution < 1.29 is 24.2 Å². The highest BCUT2D eigenvalue weighted by Gasteiger charge is 2.02. The van der Waals surface area contributed by atoms with Gasteiger partial charge in [0.2, 0.25) is 0 Å². The highest BCUT2D eigenvalue weighted by atomic mass is 16.5. The van der Waals surface area contributed by atoms with Crippen molar-refractivity contribution >= 4 is 11.9 Å². The van der Waals surface area contributed by atoms with Crippen molar-refractivity contribution in [2.45, 2.75) is 26.4 Å². The molecule has 0 aromatic heterocycles. The Bertz CT molecular complexity index is 232. The molecule has 1 N–H and O–H groups in total. The van der Waals surface area contributed by atoms with E-state index >= 15 is 0 Å². The minimum absolute atomic E-state index is 0.0353. The first kappa shape index (κ1) is 13.6. The first-order chi connectivity index (χ1) is 7.06. The van der Waals surface area contributed by atoms with E-state index in [0.717, 1.165) is 12.2 Å². The molecule has 0 radical (unpaired) electrons. The summed E-state index contributed by atoms with van der Waals surface area (Å²) in [6, 6.07) is 0. The van der Waals surface area contributed by atoms with Crippen LogP contribution in [0.25, 0.3) is 0 Å². The lowest BCUT2D eigenvalue weighted by Crippen LogP contribution is -2.10. The summed E-state index contributed by atoms with van der Waals surface area (Å²) >= 11 is 0. The summed E-state index contributed by atoms with van der Waals surface area (Å²) in [7, 11) is 0. The van der Waals surface area contributed by atoms with Crippen LogP contribution in [0.2, 0.25) is 0 Å². The molecule has 0 aliphatic rings. The van der Waals surface area contributed by atoms with E-state index in [0.29, 0.717) is 6.42 Å². The van der Waals surface area contributed by atoms with Crippen molar-refractivity contribution in [2.24, 2.45) is 0 Å². The molecule has 0 bridgehead atoms. The van der Waals surface area contributed by atoms with Crippen LogP contribution >= 0.6 is 0 Å². The third kappa shape index (κ3) is 8.96. The molecule has 0 saturated heterocycles. The molecule has 0 fully saturated rings. The van der Waals surface area contributed by atoms with Crippen LogP contribution in [0.1, 0.15) is 20.3 Å². The van der Waals surface area contributed by atoms with E-state index in [1.54, 1.807) is 13.8 Å². The molecule has 0 rings (SSSR count). The molecule has 15 heavy (non-hydrogen) atoms. The number of carbonyl (C=O) groups is 2. The van der Waals surface area contributed by atoms with Crippen LogP contribution in [0.4, 0.5) is 0 Å². The summed E-state index contributed by atoms with van der Waals surface area (Å²) < 4.78 is 9.40. The van der Waals surface area contributed by atoms with E-state index in [-0.39, 0.29) is 19.3 Å². The average Bonchev–Trinajstić information content (AvgIpc) is 2.14. The number of rotatable bonds is 6. The minimum Gasteiger partial charge on any atom is -0.462 e. The number of carbonyl (C=O) groups excluding carboxylic acids is 2. The fourth-order valence-corrected chi connectivity index (χ4v) is 0.693.